The summed E-state index contributed by atoms with van der Waals surface area (Å²) in [5.41, 5.74) is 6.42. The normalized spacial score (nSPS) is 20.6. The molecule has 0 unspecified atom stereocenters. The lowest BCUT2D eigenvalue weighted by Crippen LogP contribution is -2.26. The number of benzene rings is 1. The molecule has 1 amide bonds. The zero-order valence-corrected chi connectivity index (χ0v) is 20.0. The van der Waals surface area contributed by atoms with Crippen molar-refractivity contribution in [3.63, 3.8) is 0 Å². The van der Waals surface area contributed by atoms with E-state index in [-0.39, 0.29) is 17.3 Å². The number of anilines is 2. The summed E-state index contributed by atoms with van der Waals surface area (Å²) >= 11 is 1.53. The lowest BCUT2D eigenvalue weighted by atomic mass is 9.88. The van der Waals surface area contributed by atoms with Crippen molar-refractivity contribution < 1.29 is 17.9 Å². The molecule has 0 atom stereocenters. The summed E-state index contributed by atoms with van der Waals surface area (Å²) in [6.07, 6.45) is 8.68. The molecule has 2 aliphatic rings. The summed E-state index contributed by atoms with van der Waals surface area (Å²) in [4.78, 5) is 25.1. The molecule has 5 rings (SSSR count). The van der Waals surface area contributed by atoms with Crippen molar-refractivity contribution in [1.29, 1.82) is 0 Å². The number of aromatic nitrogens is 3. The zero-order valence-electron chi connectivity index (χ0n) is 18.4. The predicted octanol–water partition coefficient (Wildman–Crippen LogP) is 4.40. The number of sulfone groups is 1. The van der Waals surface area contributed by atoms with Crippen LogP contribution in [-0.2, 0) is 14.6 Å². The molecule has 3 N–H and O–H groups in total. The summed E-state index contributed by atoms with van der Waals surface area (Å²) < 4.78 is 31.7. The Morgan fingerprint density at radius 2 is 1.79 bits per heavy atom. The topological polar surface area (TPSA) is 137 Å². The van der Waals surface area contributed by atoms with Crippen LogP contribution in [0.15, 0.2) is 47.8 Å². The van der Waals surface area contributed by atoms with Crippen molar-refractivity contribution in [1.82, 2.24) is 15.0 Å². The Labute approximate surface area is 201 Å². The molecule has 34 heavy (non-hydrogen) atoms. The molecule has 2 aromatic heterocycles. The van der Waals surface area contributed by atoms with Gasteiger partial charge in [-0.1, -0.05) is 6.07 Å². The van der Waals surface area contributed by atoms with Gasteiger partial charge in [-0.15, -0.1) is 11.3 Å². The number of nitrogens with two attached hydrogens (primary N) is 1. The smallest absolute Gasteiger partial charge is 0.404 e. The van der Waals surface area contributed by atoms with Crippen molar-refractivity contribution in [2.45, 2.75) is 60.7 Å². The van der Waals surface area contributed by atoms with Gasteiger partial charge in [0.2, 0.25) is 5.95 Å². The molecular weight excluding hydrogens is 474 g/mol. The van der Waals surface area contributed by atoms with E-state index in [4.69, 9.17) is 10.5 Å². The van der Waals surface area contributed by atoms with Gasteiger partial charge in [-0.25, -0.2) is 28.2 Å². The Kier molecular flexibility index (Phi) is 6.22. The third-order valence-corrected chi connectivity index (χ3v) is 9.66. The molecule has 2 fully saturated rings. The molecular formula is C23H25N5O4S2. The van der Waals surface area contributed by atoms with Crippen molar-refractivity contribution in [2.75, 3.05) is 5.32 Å². The lowest BCUT2D eigenvalue weighted by Gasteiger charge is -2.26. The first kappa shape index (κ1) is 22.7. The highest BCUT2D eigenvalue weighted by Crippen LogP contribution is 2.43. The number of hydrogen-bond acceptors (Lipinski definition) is 9. The quantitative estimate of drug-likeness (QED) is 0.488. The number of ether oxygens (including phenoxy) is 1. The van der Waals surface area contributed by atoms with E-state index in [0.717, 1.165) is 35.6 Å². The van der Waals surface area contributed by atoms with Crippen LogP contribution in [0.5, 0.6) is 0 Å². The number of thiazole rings is 1. The molecule has 11 heteroatoms. The number of primary amides is 1. The van der Waals surface area contributed by atoms with Crippen LogP contribution >= 0.6 is 11.3 Å². The van der Waals surface area contributed by atoms with Crippen LogP contribution < -0.4 is 11.1 Å². The fraction of sp³-hybridized carbons (Fsp3) is 0.391. The van der Waals surface area contributed by atoms with E-state index in [9.17, 15) is 13.2 Å². The van der Waals surface area contributed by atoms with E-state index in [1.54, 1.807) is 30.7 Å². The molecule has 0 aliphatic heterocycles. The summed E-state index contributed by atoms with van der Waals surface area (Å²) in [5.74, 6) is 0.659. The first-order valence-corrected chi connectivity index (χ1v) is 13.6. The second kappa shape index (κ2) is 9.30. The van der Waals surface area contributed by atoms with Crippen molar-refractivity contribution in [3.8, 4) is 10.4 Å². The number of rotatable bonds is 7. The molecule has 178 valence electrons. The van der Waals surface area contributed by atoms with Crippen LogP contribution in [0.25, 0.3) is 10.4 Å². The van der Waals surface area contributed by atoms with Gasteiger partial charge in [0.25, 0.3) is 0 Å². The van der Waals surface area contributed by atoms with Crippen molar-refractivity contribution in [3.05, 3.63) is 47.9 Å². The highest BCUT2D eigenvalue weighted by atomic mass is 32.2. The largest absolute Gasteiger partial charge is 0.446 e. The number of hydrogen-bond donors (Lipinski definition) is 2. The van der Waals surface area contributed by atoms with Gasteiger partial charge in [-0.2, -0.15) is 0 Å². The Balaban J connectivity index is 1.41. The summed E-state index contributed by atoms with van der Waals surface area (Å²) in [6.45, 7) is 0. The Bertz CT molecular complexity index is 1280. The summed E-state index contributed by atoms with van der Waals surface area (Å²) in [5, 5.41) is 3.73. The SMILES string of the molecule is NC(=O)OC1CCC(c2ncc(-c3ccc(Nc4ncccn4)cc3S(=O)(=O)C3CC3)s2)CC1. The number of carbonyl (C=O) groups excluding carboxylic acids is 1. The van der Waals surface area contributed by atoms with Gasteiger partial charge < -0.3 is 15.8 Å². The molecule has 0 spiro atoms. The predicted molar refractivity (Wildman–Crippen MR) is 129 cm³/mol. The Morgan fingerprint density at radius 3 is 2.47 bits per heavy atom. The van der Waals surface area contributed by atoms with Crippen LogP contribution in [0, 0.1) is 0 Å². The maximum absolute atomic E-state index is 13.3. The van der Waals surface area contributed by atoms with E-state index < -0.39 is 15.9 Å². The number of carbonyl (C=O) groups is 1. The molecule has 2 heterocycles. The minimum atomic E-state index is -3.46. The minimum Gasteiger partial charge on any atom is -0.446 e. The fourth-order valence-electron chi connectivity index (χ4n) is 4.28. The summed E-state index contributed by atoms with van der Waals surface area (Å²) in [6, 6.07) is 7.06. The molecule has 9 nitrogen and oxygen atoms in total. The lowest BCUT2D eigenvalue weighted by molar-refractivity contribution is 0.0787. The van der Waals surface area contributed by atoms with Gasteiger partial charge >= 0.3 is 6.09 Å². The third kappa shape index (κ3) is 4.90. The fourth-order valence-corrected chi connectivity index (χ4v) is 7.37. The first-order valence-electron chi connectivity index (χ1n) is 11.2. The number of nitrogens with zero attached hydrogens (tertiary/aromatic N) is 3. The van der Waals surface area contributed by atoms with Crippen LogP contribution in [0.4, 0.5) is 16.4 Å². The van der Waals surface area contributed by atoms with Crippen LogP contribution in [0.1, 0.15) is 49.5 Å². The second-order valence-corrected chi connectivity index (χ2v) is 11.9. The maximum Gasteiger partial charge on any atom is 0.404 e. The zero-order chi connectivity index (χ0) is 23.7. The highest BCUT2D eigenvalue weighted by molar-refractivity contribution is 7.92. The molecule has 0 radical (unpaired) electrons. The van der Waals surface area contributed by atoms with Gasteiger partial charge in [0.1, 0.15) is 6.10 Å². The van der Waals surface area contributed by atoms with Gasteiger partial charge in [0.05, 0.1) is 20.0 Å². The van der Waals surface area contributed by atoms with Gasteiger partial charge in [0, 0.05) is 35.8 Å². The monoisotopic (exact) mass is 499 g/mol. The second-order valence-electron chi connectivity index (χ2n) is 8.63. The standard InChI is InChI=1S/C23H25N5O4S2/c24-22(29)32-16-5-2-14(3-6-16)21-27-13-19(33-21)18-9-4-15(28-23-25-10-1-11-26-23)12-20(18)34(30,31)17-7-8-17/h1,4,9-14,16-17H,2-3,5-8H2,(H2,24,29)(H,25,26,28). The van der Waals surface area contributed by atoms with Gasteiger partial charge in [-0.3, -0.25) is 0 Å². The van der Waals surface area contributed by atoms with Crippen LogP contribution in [-0.4, -0.2) is 40.8 Å². The van der Waals surface area contributed by atoms with E-state index in [1.807, 2.05) is 12.1 Å². The van der Waals surface area contributed by atoms with Crippen molar-refractivity contribution in [2.24, 2.45) is 5.73 Å². The average Bonchev–Trinajstić information content (AvgIpc) is 3.58. The molecule has 2 saturated carbocycles. The van der Waals surface area contributed by atoms with E-state index >= 15 is 0 Å². The first-order chi connectivity index (χ1) is 16.4. The van der Waals surface area contributed by atoms with E-state index in [1.165, 1.54) is 11.3 Å². The molecule has 0 bridgehead atoms. The van der Waals surface area contributed by atoms with Crippen LogP contribution in [0.2, 0.25) is 0 Å². The van der Waals surface area contributed by atoms with E-state index in [2.05, 4.69) is 20.3 Å². The maximum atomic E-state index is 13.3. The average molecular weight is 500 g/mol. The van der Waals surface area contributed by atoms with E-state index in [0.29, 0.717) is 34.9 Å². The number of amides is 1. The highest BCUT2D eigenvalue weighted by Gasteiger charge is 2.39. The molecule has 0 saturated heterocycles. The van der Waals surface area contributed by atoms with Crippen molar-refractivity contribution >= 4 is 38.9 Å². The Morgan fingerprint density at radius 1 is 1.06 bits per heavy atom. The van der Waals surface area contributed by atoms with Gasteiger partial charge in [-0.05, 0) is 56.7 Å². The molecule has 2 aliphatic carbocycles. The molecule has 3 aromatic rings. The summed E-state index contributed by atoms with van der Waals surface area (Å²) in [7, 11) is -3.46. The molecule has 1 aromatic carbocycles. The Hall–Kier alpha value is -3.05. The number of nitrogens with one attached hydrogen (secondary N) is 1. The third-order valence-electron chi connectivity index (χ3n) is 6.17. The van der Waals surface area contributed by atoms with Gasteiger partial charge in [0.15, 0.2) is 9.84 Å². The van der Waals surface area contributed by atoms with Crippen LogP contribution in [0.3, 0.4) is 0 Å². The minimum absolute atomic E-state index is 0.142.